The van der Waals surface area contributed by atoms with Crippen LogP contribution in [0.3, 0.4) is 0 Å². The van der Waals surface area contributed by atoms with Crippen molar-refractivity contribution in [2.75, 3.05) is 13.2 Å². The minimum absolute atomic E-state index is 0. The lowest BCUT2D eigenvalue weighted by molar-refractivity contribution is -0.167. The van der Waals surface area contributed by atoms with Crippen LogP contribution < -0.4 is 16.2 Å². The Bertz CT molecular complexity index is 1070. The van der Waals surface area contributed by atoms with Crippen molar-refractivity contribution >= 4 is 36.2 Å². The van der Waals surface area contributed by atoms with Crippen LogP contribution in [0.25, 0.3) is 6.08 Å². The average Bonchev–Trinajstić information content (AvgIpc) is 3.28. The molecule has 0 bridgehead atoms. The number of aliphatic imine (C=N–C) groups is 2. The first kappa shape index (κ1) is 25.3. The van der Waals surface area contributed by atoms with Gasteiger partial charge < -0.3 is 16.2 Å². The third-order valence-corrected chi connectivity index (χ3v) is 5.67. The molecule has 2 aliphatic rings. The van der Waals surface area contributed by atoms with Crippen molar-refractivity contribution in [2.24, 2.45) is 21.5 Å². The smallest absolute Gasteiger partial charge is 0.226 e. The van der Waals surface area contributed by atoms with Crippen molar-refractivity contribution in [1.29, 1.82) is 0 Å². The summed E-state index contributed by atoms with van der Waals surface area (Å²) in [6.45, 7) is 0.826. The van der Waals surface area contributed by atoms with Crippen LogP contribution in [0, 0.1) is 0 Å². The molecule has 4 rings (SSSR count). The summed E-state index contributed by atoms with van der Waals surface area (Å²) >= 11 is 0. The van der Waals surface area contributed by atoms with Gasteiger partial charge in [-0.15, -0.1) is 12.4 Å². The number of ether oxygens (including phenoxy) is 1. The Morgan fingerprint density at radius 1 is 1.06 bits per heavy atom. The molecule has 2 aromatic carbocycles. The lowest BCUT2D eigenvalue weighted by atomic mass is 10.1. The molecule has 180 valence electrons. The average molecular weight is 484 g/mol. The summed E-state index contributed by atoms with van der Waals surface area (Å²) in [7, 11) is 0. The molecule has 8 nitrogen and oxygen atoms in total. The van der Waals surface area contributed by atoms with Gasteiger partial charge in [0.05, 0.1) is 13.2 Å². The second-order valence-corrected chi connectivity index (χ2v) is 8.10. The fraction of sp³-hybridized carbons (Fsp3) is 0.320. The number of hydrogen-bond donors (Lipinski definition) is 2. The van der Waals surface area contributed by atoms with Crippen molar-refractivity contribution < 1.29 is 14.4 Å². The number of hydrogen-bond acceptors (Lipinski definition) is 8. The third-order valence-electron chi connectivity index (χ3n) is 5.67. The predicted octanol–water partition coefficient (Wildman–Crippen LogP) is 3.92. The molecule has 1 saturated carbocycles. The Labute approximate surface area is 205 Å². The number of benzene rings is 2. The zero-order valence-electron chi connectivity index (χ0n) is 18.9. The van der Waals surface area contributed by atoms with Crippen molar-refractivity contribution in [2.45, 2.75) is 37.8 Å². The van der Waals surface area contributed by atoms with Crippen LogP contribution in [-0.2, 0) is 4.84 Å². The summed E-state index contributed by atoms with van der Waals surface area (Å²) in [5.41, 5.74) is 12.9. The van der Waals surface area contributed by atoms with Crippen molar-refractivity contribution in [1.82, 2.24) is 5.06 Å². The zero-order chi connectivity index (χ0) is 23.1. The summed E-state index contributed by atoms with van der Waals surface area (Å²) in [6, 6.07) is 16.9. The Hall–Kier alpha value is -3.36. The molecule has 34 heavy (non-hydrogen) atoms. The Morgan fingerprint density at radius 2 is 1.82 bits per heavy atom. The van der Waals surface area contributed by atoms with Gasteiger partial charge in [-0.1, -0.05) is 48.5 Å². The molecule has 1 aliphatic heterocycles. The molecule has 1 aliphatic carbocycles. The van der Waals surface area contributed by atoms with E-state index in [0.29, 0.717) is 30.9 Å². The van der Waals surface area contributed by atoms with E-state index in [1.165, 1.54) is 0 Å². The SMILES string of the molecule is Cl.NC1=NC2(CCCC2)N(OCCCOc2cccc(C(=O)/C=C/c3ccccc3)c2)C(N)=N1. The maximum absolute atomic E-state index is 12.5. The van der Waals surface area contributed by atoms with E-state index in [0.717, 1.165) is 31.2 Å². The monoisotopic (exact) mass is 483 g/mol. The van der Waals surface area contributed by atoms with Crippen molar-refractivity contribution in [3.05, 3.63) is 71.8 Å². The Kier molecular flexibility index (Phi) is 8.67. The molecule has 4 N–H and O–H groups in total. The van der Waals surface area contributed by atoms with E-state index in [9.17, 15) is 4.79 Å². The molecule has 1 spiro atoms. The van der Waals surface area contributed by atoms with Gasteiger partial charge in [0.25, 0.3) is 0 Å². The molecule has 0 aromatic heterocycles. The summed E-state index contributed by atoms with van der Waals surface area (Å²) < 4.78 is 5.83. The fourth-order valence-corrected chi connectivity index (χ4v) is 4.08. The second-order valence-electron chi connectivity index (χ2n) is 8.10. The van der Waals surface area contributed by atoms with E-state index < -0.39 is 5.66 Å². The largest absolute Gasteiger partial charge is 0.493 e. The van der Waals surface area contributed by atoms with E-state index in [1.54, 1.807) is 29.3 Å². The van der Waals surface area contributed by atoms with Gasteiger partial charge >= 0.3 is 0 Å². The molecule has 2 aromatic rings. The van der Waals surface area contributed by atoms with E-state index in [1.807, 2.05) is 42.5 Å². The fourth-order valence-electron chi connectivity index (χ4n) is 4.08. The number of halogens is 1. The maximum atomic E-state index is 12.5. The van der Waals surface area contributed by atoms with Gasteiger partial charge in [0.15, 0.2) is 11.4 Å². The van der Waals surface area contributed by atoms with Crippen LogP contribution in [0.5, 0.6) is 5.75 Å². The van der Waals surface area contributed by atoms with E-state index in [4.69, 9.17) is 21.0 Å². The third kappa shape index (κ3) is 6.15. The van der Waals surface area contributed by atoms with Crippen molar-refractivity contribution in [3.8, 4) is 5.75 Å². The number of allylic oxidation sites excluding steroid dienone is 1. The molecule has 0 saturated heterocycles. The molecule has 1 fully saturated rings. The zero-order valence-corrected chi connectivity index (χ0v) is 19.7. The minimum Gasteiger partial charge on any atom is -0.493 e. The summed E-state index contributed by atoms with van der Waals surface area (Å²) in [5.74, 6) is 0.998. The standard InChI is InChI=1S/C25H29N5O3.ClH/c26-23-28-24(27)30(25(29-23)14-4-5-15-25)33-17-7-16-32-21-11-6-10-20(18-21)22(31)13-12-19-8-2-1-3-9-19;/h1-3,6,8-13,18H,4-5,7,14-17H2,(H4,26,27,28,29);1H/b13-12+;. The molecular formula is C25H30ClN5O3. The second kappa shape index (κ2) is 11.7. The van der Waals surface area contributed by atoms with E-state index >= 15 is 0 Å². The molecule has 0 radical (unpaired) electrons. The highest BCUT2D eigenvalue weighted by molar-refractivity contribution is 6.07. The molecule has 1 heterocycles. The van der Waals surface area contributed by atoms with E-state index in [2.05, 4.69) is 9.98 Å². The first-order valence-electron chi connectivity index (χ1n) is 11.2. The Balaban J connectivity index is 0.00000324. The Morgan fingerprint density at radius 3 is 2.59 bits per heavy atom. The van der Waals surface area contributed by atoms with E-state index in [-0.39, 0.29) is 30.1 Å². The molecule has 0 atom stereocenters. The molecule has 9 heteroatoms. The van der Waals surface area contributed by atoms with Gasteiger partial charge in [0.1, 0.15) is 5.75 Å². The van der Waals surface area contributed by atoms with Crippen molar-refractivity contribution in [3.63, 3.8) is 0 Å². The van der Waals surface area contributed by atoms with Gasteiger partial charge in [0, 0.05) is 12.0 Å². The van der Waals surface area contributed by atoms with Gasteiger partial charge in [-0.2, -0.15) is 10.1 Å². The number of carbonyl (C=O) groups excluding carboxylic acids is 1. The summed E-state index contributed by atoms with van der Waals surface area (Å²) in [5, 5.41) is 1.61. The number of ketones is 1. The highest BCUT2D eigenvalue weighted by atomic mass is 35.5. The minimum atomic E-state index is -0.543. The predicted molar refractivity (Wildman–Crippen MR) is 136 cm³/mol. The maximum Gasteiger partial charge on any atom is 0.226 e. The van der Waals surface area contributed by atoms with Crippen LogP contribution >= 0.6 is 12.4 Å². The lowest BCUT2D eigenvalue weighted by Crippen LogP contribution is -2.55. The van der Waals surface area contributed by atoms with Crippen LogP contribution in [0.2, 0.25) is 0 Å². The highest BCUT2D eigenvalue weighted by Gasteiger charge is 2.44. The molecular weight excluding hydrogens is 454 g/mol. The van der Waals surface area contributed by atoms with Crippen LogP contribution in [0.1, 0.15) is 48.0 Å². The first-order valence-corrected chi connectivity index (χ1v) is 11.2. The topological polar surface area (TPSA) is 116 Å². The molecule has 0 unspecified atom stereocenters. The molecule has 0 amide bonds. The highest BCUT2D eigenvalue weighted by Crippen LogP contribution is 2.38. The first-order chi connectivity index (χ1) is 16.1. The van der Waals surface area contributed by atoms with Crippen LogP contribution in [0.4, 0.5) is 0 Å². The number of carbonyl (C=O) groups is 1. The van der Waals surface area contributed by atoms with Gasteiger partial charge in [-0.05, 0) is 49.5 Å². The normalized spacial score (nSPS) is 16.8. The van der Waals surface area contributed by atoms with Gasteiger partial charge in [-0.25, -0.2) is 4.99 Å². The summed E-state index contributed by atoms with van der Waals surface area (Å²) in [6.07, 6.45) is 7.76. The lowest BCUT2D eigenvalue weighted by Gasteiger charge is -2.39. The quantitative estimate of drug-likeness (QED) is 0.317. The van der Waals surface area contributed by atoms with Crippen LogP contribution in [-0.4, -0.2) is 41.6 Å². The van der Waals surface area contributed by atoms with Gasteiger partial charge in [-0.3, -0.25) is 9.63 Å². The van der Waals surface area contributed by atoms with Crippen LogP contribution in [0.15, 0.2) is 70.7 Å². The number of nitrogens with zero attached hydrogens (tertiary/aromatic N) is 3. The van der Waals surface area contributed by atoms with Gasteiger partial charge in [0.2, 0.25) is 11.9 Å². The number of hydroxylamine groups is 2. The summed E-state index contributed by atoms with van der Waals surface area (Å²) in [4.78, 5) is 27.0. The number of nitrogens with two attached hydrogens (primary N) is 2. The number of rotatable bonds is 9. The number of guanidine groups is 2.